The summed E-state index contributed by atoms with van der Waals surface area (Å²) in [6.45, 7) is 0. The first kappa shape index (κ1) is 19.1. The van der Waals surface area contributed by atoms with Gasteiger partial charge >= 0.3 is 0 Å². The molecule has 0 aliphatic carbocycles. The zero-order valence-electron chi connectivity index (χ0n) is 17.6. The third-order valence-electron chi connectivity index (χ3n) is 6.23. The number of anilines is 1. The molecular weight excluding hydrogens is 382 g/mol. The third-order valence-corrected chi connectivity index (χ3v) is 6.23. The molecule has 1 heterocycles. The maximum atomic E-state index is 14.4. The molecule has 3 heteroatoms. The number of methoxy groups -OCH3 is 1. The molecule has 0 N–H and O–H groups in total. The summed E-state index contributed by atoms with van der Waals surface area (Å²) < 4.78 is 5.52. The number of hydrogen-bond donors (Lipinski definition) is 0. The van der Waals surface area contributed by atoms with Crippen LogP contribution in [0.4, 0.5) is 5.69 Å². The minimum Gasteiger partial charge on any atom is -0.497 e. The number of carbonyl (C=O) groups excluding carboxylic acids is 1. The van der Waals surface area contributed by atoms with E-state index in [9.17, 15) is 4.79 Å². The highest BCUT2D eigenvalue weighted by Crippen LogP contribution is 2.50. The molecule has 0 fully saturated rings. The molecule has 3 nitrogen and oxygen atoms in total. The van der Waals surface area contributed by atoms with Crippen molar-refractivity contribution in [3.05, 3.63) is 120 Å². The molecule has 31 heavy (non-hydrogen) atoms. The Hall–Kier alpha value is -3.85. The molecule has 152 valence electrons. The number of rotatable bonds is 3. The Bertz CT molecular complexity index is 1210. The van der Waals surface area contributed by atoms with E-state index < -0.39 is 5.41 Å². The van der Waals surface area contributed by atoms with Crippen molar-refractivity contribution in [1.82, 2.24) is 0 Å². The van der Waals surface area contributed by atoms with Crippen LogP contribution in [-0.4, -0.2) is 20.1 Å². The minimum atomic E-state index is -0.972. The van der Waals surface area contributed by atoms with Gasteiger partial charge < -0.3 is 9.64 Å². The highest BCUT2D eigenvalue weighted by Gasteiger charge is 2.49. The zero-order chi connectivity index (χ0) is 21.4. The van der Waals surface area contributed by atoms with E-state index in [0.717, 1.165) is 39.3 Å². The van der Waals surface area contributed by atoms with Gasteiger partial charge in [-0.05, 0) is 40.5 Å². The Balaban J connectivity index is 1.95. The highest BCUT2D eigenvalue weighted by molar-refractivity contribution is 6.11. The van der Waals surface area contributed by atoms with Crippen molar-refractivity contribution in [2.24, 2.45) is 0 Å². The lowest BCUT2D eigenvalue weighted by atomic mass is 9.67. The van der Waals surface area contributed by atoms with Gasteiger partial charge in [0, 0.05) is 12.6 Å². The lowest BCUT2D eigenvalue weighted by Gasteiger charge is -2.36. The van der Waals surface area contributed by atoms with Crippen molar-refractivity contribution in [2.45, 2.75) is 5.41 Å². The largest absolute Gasteiger partial charge is 0.497 e. The first-order chi connectivity index (χ1) is 15.2. The standard InChI is InChI=1S/C28H23NO2/c1-29-26-18-17-22(31-2)19-24(26)23-15-9-10-16-25(23)28(27(29)30,20-11-5-3-6-12-20)21-13-7-4-8-14-21/h3-19H,1-2H3. The number of amides is 1. The summed E-state index contributed by atoms with van der Waals surface area (Å²) in [5.41, 5.74) is 4.78. The highest BCUT2D eigenvalue weighted by atomic mass is 16.5. The van der Waals surface area contributed by atoms with Crippen molar-refractivity contribution in [3.8, 4) is 16.9 Å². The van der Waals surface area contributed by atoms with Gasteiger partial charge in [0.1, 0.15) is 11.2 Å². The number of ether oxygens (including phenoxy) is 1. The molecule has 0 saturated heterocycles. The van der Waals surface area contributed by atoms with Crippen LogP contribution in [0.5, 0.6) is 5.75 Å². The lowest BCUT2D eigenvalue weighted by Crippen LogP contribution is -2.46. The van der Waals surface area contributed by atoms with Crippen molar-refractivity contribution in [1.29, 1.82) is 0 Å². The van der Waals surface area contributed by atoms with Gasteiger partial charge in [-0.25, -0.2) is 0 Å². The molecule has 4 aromatic carbocycles. The maximum absolute atomic E-state index is 14.4. The zero-order valence-corrected chi connectivity index (χ0v) is 17.6. The van der Waals surface area contributed by atoms with Gasteiger partial charge in [0.25, 0.3) is 0 Å². The second kappa shape index (κ2) is 7.44. The number of carbonyl (C=O) groups is 1. The summed E-state index contributed by atoms with van der Waals surface area (Å²) in [4.78, 5) is 16.2. The molecule has 0 aromatic heterocycles. The topological polar surface area (TPSA) is 29.5 Å². The van der Waals surface area contributed by atoms with Crippen LogP contribution in [0.1, 0.15) is 16.7 Å². The summed E-state index contributed by atoms with van der Waals surface area (Å²) in [5.74, 6) is 0.780. The molecule has 4 aromatic rings. The number of benzene rings is 4. The number of fused-ring (bicyclic) bond motifs is 3. The smallest absolute Gasteiger partial charge is 0.246 e. The fourth-order valence-corrected chi connectivity index (χ4v) is 4.77. The predicted molar refractivity (Wildman–Crippen MR) is 125 cm³/mol. The van der Waals surface area contributed by atoms with Gasteiger partial charge in [-0.3, -0.25) is 4.79 Å². The fourth-order valence-electron chi connectivity index (χ4n) is 4.77. The Labute approximate surface area is 182 Å². The quantitative estimate of drug-likeness (QED) is 0.439. The summed E-state index contributed by atoms with van der Waals surface area (Å²) in [5, 5.41) is 0. The van der Waals surface area contributed by atoms with Gasteiger partial charge in [0.2, 0.25) is 5.91 Å². The summed E-state index contributed by atoms with van der Waals surface area (Å²) in [6.07, 6.45) is 0. The van der Waals surface area contributed by atoms with E-state index >= 15 is 0 Å². The average Bonchev–Trinajstić information content (AvgIpc) is 2.92. The van der Waals surface area contributed by atoms with E-state index in [-0.39, 0.29) is 5.91 Å². The van der Waals surface area contributed by atoms with Crippen molar-refractivity contribution in [3.63, 3.8) is 0 Å². The molecule has 0 saturated carbocycles. The molecule has 1 amide bonds. The van der Waals surface area contributed by atoms with Crippen LogP contribution >= 0.6 is 0 Å². The van der Waals surface area contributed by atoms with Gasteiger partial charge in [-0.2, -0.15) is 0 Å². The van der Waals surface area contributed by atoms with Gasteiger partial charge in [-0.1, -0.05) is 84.9 Å². The monoisotopic (exact) mass is 405 g/mol. The van der Waals surface area contributed by atoms with Crippen LogP contribution in [0.3, 0.4) is 0 Å². The van der Waals surface area contributed by atoms with Crippen LogP contribution in [-0.2, 0) is 10.2 Å². The minimum absolute atomic E-state index is 0.0151. The Morgan fingerprint density at radius 1 is 0.710 bits per heavy atom. The molecule has 1 aliphatic heterocycles. The van der Waals surface area contributed by atoms with E-state index in [1.807, 2.05) is 98.0 Å². The number of nitrogens with zero attached hydrogens (tertiary/aromatic N) is 1. The molecule has 1 aliphatic rings. The van der Waals surface area contributed by atoms with Gasteiger partial charge in [0.15, 0.2) is 0 Å². The molecule has 5 rings (SSSR count). The van der Waals surface area contributed by atoms with Crippen LogP contribution in [0.2, 0.25) is 0 Å². The molecule has 0 atom stereocenters. The maximum Gasteiger partial charge on any atom is 0.246 e. The summed E-state index contributed by atoms with van der Waals surface area (Å²) >= 11 is 0. The molecule has 0 spiro atoms. The molecular formula is C28H23NO2. The predicted octanol–water partition coefficient (Wildman–Crippen LogP) is 5.67. The Morgan fingerprint density at radius 3 is 1.90 bits per heavy atom. The SMILES string of the molecule is COc1ccc2c(c1)-c1ccccc1C(c1ccccc1)(c1ccccc1)C(=O)N2C. The second-order valence-corrected chi connectivity index (χ2v) is 7.77. The van der Waals surface area contributed by atoms with E-state index in [1.54, 1.807) is 12.0 Å². The van der Waals surface area contributed by atoms with Crippen molar-refractivity contribution >= 4 is 11.6 Å². The van der Waals surface area contributed by atoms with E-state index in [0.29, 0.717) is 0 Å². The Kier molecular flexibility index (Phi) is 4.59. The normalized spacial score (nSPS) is 14.4. The van der Waals surface area contributed by atoms with Crippen LogP contribution in [0.15, 0.2) is 103 Å². The van der Waals surface area contributed by atoms with E-state index in [4.69, 9.17) is 4.74 Å². The summed E-state index contributed by atoms with van der Waals surface area (Å²) in [6, 6.07) is 34.3. The third kappa shape index (κ3) is 2.77. The van der Waals surface area contributed by atoms with Gasteiger partial charge in [-0.15, -0.1) is 0 Å². The first-order valence-corrected chi connectivity index (χ1v) is 10.3. The fraction of sp³-hybridized carbons (Fsp3) is 0.107. The Morgan fingerprint density at radius 2 is 1.29 bits per heavy atom. The van der Waals surface area contributed by atoms with E-state index in [1.165, 1.54) is 0 Å². The molecule has 0 bridgehead atoms. The lowest BCUT2D eigenvalue weighted by molar-refractivity contribution is -0.121. The van der Waals surface area contributed by atoms with Crippen LogP contribution < -0.4 is 9.64 Å². The van der Waals surface area contributed by atoms with Crippen LogP contribution in [0, 0.1) is 0 Å². The van der Waals surface area contributed by atoms with E-state index in [2.05, 4.69) is 12.1 Å². The van der Waals surface area contributed by atoms with Crippen molar-refractivity contribution < 1.29 is 9.53 Å². The van der Waals surface area contributed by atoms with Crippen LogP contribution in [0.25, 0.3) is 11.1 Å². The first-order valence-electron chi connectivity index (χ1n) is 10.3. The number of likely N-dealkylation sites (N-methyl/N-ethyl adjacent to an activating group) is 1. The number of hydrogen-bond acceptors (Lipinski definition) is 2. The summed E-state index contributed by atoms with van der Waals surface area (Å²) in [7, 11) is 3.53. The second-order valence-electron chi connectivity index (χ2n) is 7.77. The molecule has 0 radical (unpaired) electrons. The average molecular weight is 405 g/mol. The van der Waals surface area contributed by atoms with Crippen molar-refractivity contribution in [2.75, 3.05) is 19.1 Å². The van der Waals surface area contributed by atoms with Gasteiger partial charge in [0.05, 0.1) is 12.8 Å². The molecule has 0 unspecified atom stereocenters.